The fourth-order valence-corrected chi connectivity index (χ4v) is 3.97. The van der Waals surface area contributed by atoms with Gasteiger partial charge in [0, 0.05) is 17.4 Å². The molecule has 0 spiro atoms. The van der Waals surface area contributed by atoms with Gasteiger partial charge >= 0.3 is 0 Å². The molecule has 4 nitrogen and oxygen atoms in total. The third-order valence-electron chi connectivity index (χ3n) is 5.36. The summed E-state index contributed by atoms with van der Waals surface area (Å²) in [5.74, 6) is 1.69. The molecule has 1 atom stereocenters. The molecular formula is C23H26N4. The Morgan fingerprint density at radius 2 is 1.89 bits per heavy atom. The Bertz CT molecular complexity index is 918. The smallest absolute Gasteiger partial charge is 0.222 e. The van der Waals surface area contributed by atoms with Crippen molar-refractivity contribution in [1.29, 1.82) is 0 Å². The number of benzene rings is 2. The highest BCUT2D eigenvalue weighted by atomic mass is 15.1. The van der Waals surface area contributed by atoms with Crippen molar-refractivity contribution in [2.24, 2.45) is 0 Å². The van der Waals surface area contributed by atoms with Gasteiger partial charge in [-0.25, -0.2) is 4.98 Å². The molecule has 1 aromatic heterocycles. The van der Waals surface area contributed by atoms with Crippen LogP contribution >= 0.6 is 0 Å². The average Bonchev–Trinajstić information content (AvgIpc) is 2.68. The fourth-order valence-electron chi connectivity index (χ4n) is 3.97. The van der Waals surface area contributed by atoms with Crippen molar-refractivity contribution in [2.75, 3.05) is 11.1 Å². The number of nitrogens with one attached hydrogen (secondary N) is 1. The van der Waals surface area contributed by atoms with Crippen molar-refractivity contribution in [3.8, 4) is 0 Å². The third-order valence-corrected chi connectivity index (χ3v) is 5.36. The van der Waals surface area contributed by atoms with Crippen LogP contribution in [-0.2, 0) is 12.8 Å². The number of fused-ring (bicyclic) bond motifs is 1. The average molecular weight is 358 g/mol. The predicted molar refractivity (Wildman–Crippen MR) is 111 cm³/mol. The van der Waals surface area contributed by atoms with Crippen LogP contribution in [0, 0.1) is 6.92 Å². The van der Waals surface area contributed by atoms with E-state index in [-0.39, 0.29) is 0 Å². The van der Waals surface area contributed by atoms with Gasteiger partial charge in [0.2, 0.25) is 5.95 Å². The molecule has 0 amide bonds. The predicted octanol–water partition coefficient (Wildman–Crippen LogP) is 5.16. The summed E-state index contributed by atoms with van der Waals surface area (Å²) in [4.78, 5) is 8.79. The Kier molecular flexibility index (Phi) is 5.05. The first kappa shape index (κ1) is 17.5. The Morgan fingerprint density at radius 1 is 1.07 bits per heavy atom. The molecule has 0 saturated carbocycles. The standard InChI is InChI=1S/C23H26N4/c1-16-9-12-19(13-10-16)25-22-15-20(26-23(24)27-22)14-11-18-7-4-6-17-5-2-3-8-21(17)18/h2-3,5,8-10,12-13,15,18H,4,6-7,11,14H2,1H3,(H3,24,25,26,27). The molecule has 0 saturated heterocycles. The molecule has 1 unspecified atom stereocenters. The number of nitrogen functional groups attached to an aromatic ring is 1. The lowest BCUT2D eigenvalue weighted by molar-refractivity contribution is 0.518. The maximum absolute atomic E-state index is 5.96. The lowest BCUT2D eigenvalue weighted by Crippen LogP contribution is -2.11. The van der Waals surface area contributed by atoms with Crippen LogP contribution in [0.3, 0.4) is 0 Å². The van der Waals surface area contributed by atoms with Crippen molar-refractivity contribution in [3.63, 3.8) is 0 Å². The normalized spacial score (nSPS) is 16.0. The van der Waals surface area contributed by atoms with Crippen LogP contribution in [0.4, 0.5) is 17.5 Å². The van der Waals surface area contributed by atoms with Crippen LogP contribution < -0.4 is 11.1 Å². The van der Waals surface area contributed by atoms with E-state index < -0.39 is 0 Å². The summed E-state index contributed by atoms with van der Waals surface area (Å²) < 4.78 is 0. The van der Waals surface area contributed by atoms with Gasteiger partial charge in [0.15, 0.2) is 0 Å². The molecule has 0 radical (unpaired) electrons. The lowest BCUT2D eigenvalue weighted by atomic mass is 9.80. The molecule has 1 heterocycles. The zero-order valence-corrected chi connectivity index (χ0v) is 15.8. The zero-order chi connectivity index (χ0) is 18.6. The zero-order valence-electron chi connectivity index (χ0n) is 15.8. The molecule has 0 bridgehead atoms. The highest BCUT2D eigenvalue weighted by Crippen LogP contribution is 2.34. The largest absolute Gasteiger partial charge is 0.368 e. The van der Waals surface area contributed by atoms with Crippen molar-refractivity contribution in [2.45, 2.75) is 44.9 Å². The first-order valence-electron chi connectivity index (χ1n) is 9.72. The fraction of sp³-hybridized carbons (Fsp3) is 0.304. The van der Waals surface area contributed by atoms with E-state index in [9.17, 15) is 0 Å². The SMILES string of the molecule is Cc1ccc(Nc2cc(CCC3CCCc4ccccc43)nc(N)n2)cc1. The van der Waals surface area contributed by atoms with Crippen molar-refractivity contribution in [3.05, 3.63) is 77.0 Å². The minimum Gasteiger partial charge on any atom is -0.368 e. The number of hydrogen-bond donors (Lipinski definition) is 2. The van der Waals surface area contributed by atoms with Gasteiger partial charge < -0.3 is 11.1 Å². The van der Waals surface area contributed by atoms with Gasteiger partial charge in [-0.15, -0.1) is 0 Å². The third kappa shape index (κ3) is 4.27. The van der Waals surface area contributed by atoms with Gasteiger partial charge in [0.25, 0.3) is 0 Å². The minimum absolute atomic E-state index is 0.325. The van der Waals surface area contributed by atoms with E-state index in [0.717, 1.165) is 30.0 Å². The van der Waals surface area contributed by atoms with E-state index in [4.69, 9.17) is 5.73 Å². The molecule has 0 aliphatic heterocycles. The first-order chi connectivity index (χ1) is 13.2. The van der Waals surface area contributed by atoms with Crippen molar-refractivity contribution >= 4 is 17.5 Å². The molecular weight excluding hydrogens is 332 g/mol. The molecule has 1 aliphatic rings. The highest BCUT2D eigenvalue weighted by Gasteiger charge is 2.19. The molecule has 4 rings (SSSR count). The van der Waals surface area contributed by atoms with Gasteiger partial charge in [-0.3, -0.25) is 0 Å². The van der Waals surface area contributed by atoms with Crippen LogP contribution in [0.1, 0.15) is 47.6 Å². The van der Waals surface area contributed by atoms with Crippen LogP contribution in [-0.4, -0.2) is 9.97 Å². The lowest BCUT2D eigenvalue weighted by Gasteiger charge is -2.25. The van der Waals surface area contributed by atoms with Crippen molar-refractivity contribution < 1.29 is 0 Å². The molecule has 138 valence electrons. The van der Waals surface area contributed by atoms with E-state index in [1.165, 1.54) is 36.0 Å². The Morgan fingerprint density at radius 3 is 2.74 bits per heavy atom. The second-order valence-electron chi connectivity index (χ2n) is 7.42. The first-order valence-corrected chi connectivity index (χ1v) is 9.72. The van der Waals surface area contributed by atoms with Gasteiger partial charge in [-0.2, -0.15) is 4.98 Å². The Hall–Kier alpha value is -2.88. The molecule has 2 aromatic carbocycles. The Labute approximate surface area is 160 Å². The van der Waals surface area contributed by atoms with Crippen LogP contribution in [0.25, 0.3) is 0 Å². The minimum atomic E-state index is 0.325. The van der Waals surface area contributed by atoms with Crippen LogP contribution in [0.5, 0.6) is 0 Å². The second-order valence-corrected chi connectivity index (χ2v) is 7.42. The van der Waals surface area contributed by atoms with E-state index >= 15 is 0 Å². The van der Waals surface area contributed by atoms with Gasteiger partial charge in [0.05, 0.1) is 0 Å². The van der Waals surface area contributed by atoms with Gasteiger partial charge in [-0.1, -0.05) is 42.0 Å². The Balaban J connectivity index is 1.47. The van der Waals surface area contributed by atoms with E-state index in [2.05, 4.69) is 58.6 Å². The maximum atomic E-state index is 5.96. The number of aromatic nitrogens is 2. The summed E-state index contributed by atoms with van der Waals surface area (Å²) in [6.45, 7) is 2.08. The quantitative estimate of drug-likeness (QED) is 0.661. The van der Waals surface area contributed by atoms with Gasteiger partial charge in [-0.05, 0) is 68.2 Å². The van der Waals surface area contributed by atoms with Gasteiger partial charge in [0.1, 0.15) is 5.82 Å². The molecule has 4 heteroatoms. The number of rotatable bonds is 5. The number of aryl methyl sites for hydroxylation is 3. The van der Waals surface area contributed by atoms with E-state index in [1.54, 1.807) is 0 Å². The number of nitrogens with two attached hydrogens (primary N) is 1. The van der Waals surface area contributed by atoms with E-state index in [1.807, 2.05) is 18.2 Å². The summed E-state index contributed by atoms with van der Waals surface area (Å²) in [5, 5.41) is 3.33. The topological polar surface area (TPSA) is 63.8 Å². The molecule has 3 aromatic rings. The number of nitrogens with zero attached hydrogens (tertiary/aromatic N) is 2. The summed E-state index contributed by atoms with van der Waals surface area (Å²) in [6.07, 6.45) is 5.74. The summed E-state index contributed by atoms with van der Waals surface area (Å²) in [6, 6.07) is 19.1. The summed E-state index contributed by atoms with van der Waals surface area (Å²) >= 11 is 0. The molecule has 0 fully saturated rings. The number of anilines is 3. The summed E-state index contributed by atoms with van der Waals surface area (Å²) in [5.41, 5.74) is 12.2. The number of hydrogen-bond acceptors (Lipinski definition) is 4. The van der Waals surface area contributed by atoms with Crippen LogP contribution in [0.2, 0.25) is 0 Å². The highest BCUT2D eigenvalue weighted by molar-refractivity contribution is 5.57. The van der Waals surface area contributed by atoms with E-state index in [0.29, 0.717) is 11.9 Å². The van der Waals surface area contributed by atoms with Crippen LogP contribution in [0.15, 0.2) is 54.6 Å². The molecule has 1 aliphatic carbocycles. The summed E-state index contributed by atoms with van der Waals surface area (Å²) in [7, 11) is 0. The monoisotopic (exact) mass is 358 g/mol. The second kappa shape index (κ2) is 7.78. The molecule has 3 N–H and O–H groups in total. The maximum Gasteiger partial charge on any atom is 0.222 e. The molecule has 27 heavy (non-hydrogen) atoms. The van der Waals surface area contributed by atoms with Crippen molar-refractivity contribution in [1.82, 2.24) is 9.97 Å².